The van der Waals surface area contributed by atoms with E-state index in [1.165, 1.54) is 10.9 Å². The summed E-state index contributed by atoms with van der Waals surface area (Å²) in [5.74, 6) is -2.95. The molecule has 5 N–H and O–H groups in total. The number of hydrogen-bond donors (Lipinski definition) is 4. The van der Waals surface area contributed by atoms with Crippen LogP contribution in [-0.4, -0.2) is 55.6 Å². The van der Waals surface area contributed by atoms with E-state index < -0.39 is 30.3 Å². The molecule has 0 aliphatic rings. The van der Waals surface area contributed by atoms with Gasteiger partial charge in [-0.2, -0.15) is 0 Å². The summed E-state index contributed by atoms with van der Waals surface area (Å²) >= 11 is 0. The fourth-order valence-corrected chi connectivity index (χ4v) is 1.21. The van der Waals surface area contributed by atoms with E-state index in [2.05, 4.69) is 15.6 Å². The summed E-state index contributed by atoms with van der Waals surface area (Å²) < 4.78 is 1.24. The summed E-state index contributed by atoms with van der Waals surface area (Å²) in [6.07, 6.45) is 0.754. The molecule has 0 fully saturated rings. The maximum absolute atomic E-state index is 11.3. The molecule has 19 heavy (non-hydrogen) atoms. The first-order chi connectivity index (χ1) is 8.90. The predicted octanol–water partition coefficient (Wildman–Crippen LogP) is -2.11. The van der Waals surface area contributed by atoms with Gasteiger partial charge in [0.1, 0.15) is 0 Å². The molecule has 10 heteroatoms. The number of amides is 1. The largest absolute Gasteiger partial charge is 0.481 e. The van der Waals surface area contributed by atoms with Crippen molar-refractivity contribution in [2.45, 2.75) is 19.0 Å². The Labute approximate surface area is 107 Å². The van der Waals surface area contributed by atoms with Crippen molar-refractivity contribution in [3.8, 4) is 0 Å². The van der Waals surface area contributed by atoms with Gasteiger partial charge in [0.05, 0.1) is 25.2 Å². The van der Waals surface area contributed by atoms with E-state index in [1.807, 2.05) is 0 Å². The second-order valence-electron chi connectivity index (χ2n) is 3.67. The molecule has 0 bridgehead atoms. The molecule has 0 aromatic carbocycles. The number of carboxylic acids is 2. The van der Waals surface area contributed by atoms with Gasteiger partial charge in [-0.3, -0.25) is 9.59 Å². The van der Waals surface area contributed by atoms with Gasteiger partial charge in [-0.25, -0.2) is 9.48 Å². The predicted molar refractivity (Wildman–Crippen MR) is 60.2 cm³/mol. The van der Waals surface area contributed by atoms with E-state index in [4.69, 9.17) is 15.9 Å². The molecular formula is C9H13N5O5. The molecule has 1 aromatic heterocycles. The van der Waals surface area contributed by atoms with Gasteiger partial charge in [-0.1, -0.05) is 5.21 Å². The molecule has 0 spiro atoms. The van der Waals surface area contributed by atoms with Crippen molar-refractivity contribution in [1.29, 1.82) is 0 Å². The maximum Gasteiger partial charge on any atom is 0.358 e. The smallest absolute Gasteiger partial charge is 0.358 e. The van der Waals surface area contributed by atoms with Gasteiger partial charge in [-0.05, 0) is 0 Å². The fourth-order valence-electron chi connectivity index (χ4n) is 1.21. The number of nitrogens with zero attached hydrogens (tertiary/aromatic N) is 3. The molecule has 10 nitrogen and oxygen atoms in total. The third-order valence-electron chi connectivity index (χ3n) is 2.13. The van der Waals surface area contributed by atoms with Crippen LogP contribution < -0.4 is 11.1 Å². The van der Waals surface area contributed by atoms with Crippen LogP contribution in [0.1, 0.15) is 16.9 Å². The molecule has 0 saturated heterocycles. The number of nitrogens with one attached hydrogen (secondary N) is 1. The van der Waals surface area contributed by atoms with Crippen molar-refractivity contribution < 1.29 is 24.6 Å². The van der Waals surface area contributed by atoms with Gasteiger partial charge >= 0.3 is 11.9 Å². The number of aliphatic carboxylic acids is 1. The Hall–Kier alpha value is -2.49. The number of carbonyl (C=O) groups is 3. The quantitative estimate of drug-likeness (QED) is 0.438. The second kappa shape index (κ2) is 6.44. The summed E-state index contributed by atoms with van der Waals surface area (Å²) in [5, 5.41) is 26.4. The van der Waals surface area contributed by atoms with Gasteiger partial charge in [-0.15, -0.1) is 5.10 Å². The summed E-state index contributed by atoms with van der Waals surface area (Å²) in [7, 11) is 0. The molecule has 1 rings (SSSR count). The lowest BCUT2D eigenvalue weighted by molar-refractivity contribution is -0.139. The molecule has 0 radical (unpaired) electrons. The lowest BCUT2D eigenvalue weighted by Crippen LogP contribution is -2.42. The molecule has 1 heterocycles. The van der Waals surface area contributed by atoms with Gasteiger partial charge in [0.2, 0.25) is 5.91 Å². The van der Waals surface area contributed by atoms with E-state index in [-0.39, 0.29) is 18.8 Å². The zero-order chi connectivity index (χ0) is 14.4. The summed E-state index contributed by atoms with van der Waals surface area (Å²) in [4.78, 5) is 32.2. The molecule has 1 atom stereocenters. The summed E-state index contributed by atoms with van der Waals surface area (Å²) in [5.41, 5.74) is 5.14. The van der Waals surface area contributed by atoms with Crippen LogP contribution >= 0.6 is 0 Å². The average Bonchev–Trinajstić information content (AvgIpc) is 2.76. The van der Waals surface area contributed by atoms with Gasteiger partial charge in [0.25, 0.3) is 0 Å². The van der Waals surface area contributed by atoms with Crippen LogP contribution in [0.15, 0.2) is 6.20 Å². The summed E-state index contributed by atoms with van der Waals surface area (Å²) in [6, 6.07) is -1.12. The number of rotatable bonds is 7. The minimum atomic E-state index is -1.20. The number of aromatic carboxylic acids is 1. The monoisotopic (exact) mass is 271 g/mol. The molecule has 1 aromatic rings. The van der Waals surface area contributed by atoms with Gasteiger partial charge in [0.15, 0.2) is 5.69 Å². The van der Waals surface area contributed by atoms with Crippen molar-refractivity contribution in [1.82, 2.24) is 20.3 Å². The van der Waals surface area contributed by atoms with Crippen LogP contribution in [-0.2, 0) is 16.1 Å². The first-order valence-electron chi connectivity index (χ1n) is 5.28. The zero-order valence-corrected chi connectivity index (χ0v) is 9.81. The van der Waals surface area contributed by atoms with E-state index >= 15 is 0 Å². The Morgan fingerprint density at radius 1 is 1.42 bits per heavy atom. The number of nitrogens with two attached hydrogens (primary N) is 1. The third-order valence-corrected chi connectivity index (χ3v) is 2.13. The van der Waals surface area contributed by atoms with Crippen LogP contribution in [0.25, 0.3) is 0 Å². The van der Waals surface area contributed by atoms with Crippen LogP contribution in [0.2, 0.25) is 0 Å². The van der Waals surface area contributed by atoms with E-state index in [1.54, 1.807) is 0 Å². The molecule has 0 aliphatic carbocycles. The van der Waals surface area contributed by atoms with Crippen LogP contribution in [0.4, 0.5) is 0 Å². The van der Waals surface area contributed by atoms with Gasteiger partial charge < -0.3 is 21.3 Å². The normalized spacial score (nSPS) is 11.8. The van der Waals surface area contributed by atoms with Crippen molar-refractivity contribution in [2.75, 3.05) is 6.54 Å². The van der Waals surface area contributed by atoms with E-state index in [0.717, 1.165) is 0 Å². The highest BCUT2D eigenvalue weighted by Crippen LogP contribution is 1.92. The third kappa shape index (κ3) is 4.71. The SMILES string of the molecule is NC(CC(=O)O)C(=O)NCCn1cc(C(=O)O)nn1. The maximum atomic E-state index is 11.3. The number of carbonyl (C=O) groups excluding carboxylic acids is 1. The molecule has 0 aliphatic heterocycles. The Balaban J connectivity index is 2.35. The first kappa shape index (κ1) is 14.6. The Morgan fingerprint density at radius 3 is 2.63 bits per heavy atom. The molecule has 1 unspecified atom stereocenters. The van der Waals surface area contributed by atoms with Crippen LogP contribution in [0.5, 0.6) is 0 Å². The highest BCUT2D eigenvalue weighted by atomic mass is 16.4. The van der Waals surface area contributed by atoms with Crippen molar-refractivity contribution in [3.63, 3.8) is 0 Å². The molecule has 0 saturated carbocycles. The standard InChI is InChI=1S/C9H13N5O5/c10-5(3-7(15)16)8(17)11-1-2-14-4-6(9(18)19)12-13-14/h4-5H,1-3,10H2,(H,11,17)(H,15,16)(H,18,19). The number of carboxylic acid groups (broad SMARTS) is 2. The number of aromatic nitrogens is 3. The lowest BCUT2D eigenvalue weighted by atomic mass is 10.2. The average molecular weight is 271 g/mol. The minimum absolute atomic E-state index is 0.134. The van der Waals surface area contributed by atoms with Crippen molar-refractivity contribution >= 4 is 17.8 Å². The Morgan fingerprint density at radius 2 is 2.11 bits per heavy atom. The molecule has 104 valence electrons. The van der Waals surface area contributed by atoms with Crippen LogP contribution in [0.3, 0.4) is 0 Å². The first-order valence-corrected chi connectivity index (χ1v) is 5.28. The fraction of sp³-hybridized carbons (Fsp3) is 0.444. The van der Waals surface area contributed by atoms with Gasteiger partial charge in [0, 0.05) is 6.54 Å². The highest BCUT2D eigenvalue weighted by molar-refractivity contribution is 5.86. The highest BCUT2D eigenvalue weighted by Gasteiger charge is 2.16. The molecular weight excluding hydrogens is 258 g/mol. The zero-order valence-electron chi connectivity index (χ0n) is 9.81. The van der Waals surface area contributed by atoms with E-state index in [9.17, 15) is 14.4 Å². The minimum Gasteiger partial charge on any atom is -0.481 e. The topological polar surface area (TPSA) is 160 Å². The van der Waals surface area contributed by atoms with Crippen LogP contribution in [0, 0.1) is 0 Å². The Kier molecular flexibility index (Phi) is 4.94. The summed E-state index contributed by atoms with van der Waals surface area (Å²) in [6.45, 7) is 0.334. The number of hydrogen-bond acceptors (Lipinski definition) is 6. The molecule has 1 amide bonds. The second-order valence-corrected chi connectivity index (χ2v) is 3.67. The van der Waals surface area contributed by atoms with E-state index in [0.29, 0.717) is 0 Å². The Bertz CT molecular complexity index is 485. The van der Waals surface area contributed by atoms with Crippen molar-refractivity contribution in [2.24, 2.45) is 5.73 Å². The van der Waals surface area contributed by atoms with Crippen molar-refractivity contribution in [3.05, 3.63) is 11.9 Å². The lowest BCUT2D eigenvalue weighted by Gasteiger charge is -2.09.